The molecule has 0 bridgehead atoms. The summed E-state index contributed by atoms with van der Waals surface area (Å²) in [7, 11) is 0. The van der Waals surface area contributed by atoms with Gasteiger partial charge in [-0.2, -0.15) is 0 Å². The zero-order chi connectivity index (χ0) is 14.5. The Bertz CT molecular complexity index is 641. The highest BCUT2D eigenvalue weighted by molar-refractivity contribution is 5.94. The highest BCUT2D eigenvalue weighted by Gasteiger charge is 2.16. The predicted octanol–water partition coefficient (Wildman–Crippen LogP) is 2.48. The van der Waals surface area contributed by atoms with E-state index in [1.165, 1.54) is 12.1 Å². The van der Waals surface area contributed by atoms with E-state index in [0.717, 1.165) is 5.56 Å². The van der Waals surface area contributed by atoms with E-state index in [0.29, 0.717) is 5.69 Å². The highest BCUT2D eigenvalue weighted by Crippen LogP contribution is 2.25. The molecule has 0 atom stereocenters. The van der Waals surface area contributed by atoms with Gasteiger partial charge in [0.2, 0.25) is 5.91 Å². The van der Waals surface area contributed by atoms with Crippen molar-refractivity contribution in [2.45, 2.75) is 13.3 Å². The molecule has 0 aliphatic carbocycles. The minimum atomic E-state index is -0.511. The monoisotopic (exact) mass is 271 g/mol. The van der Waals surface area contributed by atoms with Gasteiger partial charge >= 0.3 is 0 Å². The van der Waals surface area contributed by atoms with Crippen LogP contribution in [0.25, 0.3) is 0 Å². The summed E-state index contributed by atoms with van der Waals surface area (Å²) in [5.41, 5.74) is 1.46. The number of hydrogen-bond donors (Lipinski definition) is 1. The van der Waals surface area contributed by atoms with E-state index in [1.54, 1.807) is 37.4 Å². The van der Waals surface area contributed by atoms with Crippen molar-refractivity contribution in [2.75, 3.05) is 5.32 Å². The molecule has 0 saturated heterocycles. The summed E-state index contributed by atoms with van der Waals surface area (Å²) in [6, 6.07) is 9.93. The summed E-state index contributed by atoms with van der Waals surface area (Å²) in [6.45, 7) is 1.76. The van der Waals surface area contributed by atoms with E-state index in [2.05, 4.69) is 10.3 Å². The number of amides is 1. The van der Waals surface area contributed by atoms with E-state index in [-0.39, 0.29) is 23.7 Å². The first kappa shape index (κ1) is 13.7. The number of aromatic nitrogens is 1. The van der Waals surface area contributed by atoms with Crippen LogP contribution in [0.1, 0.15) is 11.3 Å². The molecule has 6 nitrogen and oxygen atoms in total. The molecule has 0 radical (unpaired) electrons. The Labute approximate surface area is 115 Å². The van der Waals surface area contributed by atoms with Crippen LogP contribution in [0.4, 0.5) is 11.4 Å². The molecule has 0 saturated carbocycles. The number of hydrogen-bond acceptors (Lipinski definition) is 4. The lowest BCUT2D eigenvalue weighted by Crippen LogP contribution is -2.16. The number of nitrogens with zero attached hydrogens (tertiary/aromatic N) is 2. The van der Waals surface area contributed by atoms with Gasteiger partial charge in [0.15, 0.2) is 0 Å². The molecule has 1 amide bonds. The SMILES string of the molecule is Cc1ccc(NC(=O)Cc2ccccn2)c([N+](=O)[O-])c1. The molecule has 1 heterocycles. The molecule has 102 valence electrons. The molecule has 0 aliphatic heterocycles. The summed E-state index contributed by atoms with van der Waals surface area (Å²) in [6.07, 6.45) is 1.67. The molecule has 2 rings (SSSR count). The van der Waals surface area contributed by atoms with Crippen LogP contribution < -0.4 is 5.32 Å². The van der Waals surface area contributed by atoms with Crippen molar-refractivity contribution in [2.24, 2.45) is 0 Å². The number of nitro benzene ring substituents is 1. The number of benzene rings is 1. The fourth-order valence-corrected chi connectivity index (χ4v) is 1.76. The molecule has 2 aromatic rings. The fraction of sp³-hybridized carbons (Fsp3) is 0.143. The Morgan fingerprint density at radius 3 is 2.80 bits per heavy atom. The molecule has 0 fully saturated rings. The quantitative estimate of drug-likeness (QED) is 0.683. The number of carbonyl (C=O) groups is 1. The summed E-state index contributed by atoms with van der Waals surface area (Å²) in [4.78, 5) is 26.4. The van der Waals surface area contributed by atoms with Crippen LogP contribution in [0.2, 0.25) is 0 Å². The minimum Gasteiger partial charge on any atom is -0.320 e. The Morgan fingerprint density at radius 1 is 1.35 bits per heavy atom. The Hall–Kier alpha value is -2.76. The molecule has 6 heteroatoms. The second kappa shape index (κ2) is 5.92. The van der Waals surface area contributed by atoms with Crippen LogP contribution in [0.5, 0.6) is 0 Å². The van der Waals surface area contributed by atoms with Gasteiger partial charge in [-0.25, -0.2) is 0 Å². The molecule has 0 spiro atoms. The van der Waals surface area contributed by atoms with Crippen molar-refractivity contribution in [3.8, 4) is 0 Å². The summed E-state index contributed by atoms with van der Waals surface area (Å²) in [5.74, 6) is -0.337. The van der Waals surface area contributed by atoms with Gasteiger partial charge in [-0.15, -0.1) is 0 Å². The Morgan fingerprint density at radius 2 is 2.15 bits per heavy atom. The first-order valence-corrected chi connectivity index (χ1v) is 6.01. The molecule has 0 unspecified atom stereocenters. The highest BCUT2D eigenvalue weighted by atomic mass is 16.6. The van der Waals surface area contributed by atoms with Crippen LogP contribution >= 0.6 is 0 Å². The van der Waals surface area contributed by atoms with E-state index in [4.69, 9.17) is 0 Å². The topological polar surface area (TPSA) is 85.1 Å². The van der Waals surface area contributed by atoms with Gasteiger partial charge in [0.25, 0.3) is 5.69 Å². The van der Waals surface area contributed by atoms with Crippen LogP contribution in [0, 0.1) is 17.0 Å². The molecular formula is C14H13N3O3. The first-order valence-electron chi connectivity index (χ1n) is 6.01. The second-order valence-electron chi connectivity index (χ2n) is 4.32. The standard InChI is InChI=1S/C14H13N3O3/c1-10-5-6-12(13(8-10)17(19)20)16-14(18)9-11-4-2-3-7-15-11/h2-8H,9H2,1H3,(H,16,18). The van der Waals surface area contributed by atoms with Crippen LogP contribution in [0.3, 0.4) is 0 Å². The number of anilines is 1. The maximum absolute atomic E-state index is 11.9. The summed E-state index contributed by atoms with van der Waals surface area (Å²) < 4.78 is 0. The lowest BCUT2D eigenvalue weighted by Gasteiger charge is -2.06. The minimum absolute atomic E-state index is 0.0753. The van der Waals surface area contributed by atoms with Crippen LogP contribution in [-0.4, -0.2) is 15.8 Å². The van der Waals surface area contributed by atoms with Crippen molar-refractivity contribution < 1.29 is 9.72 Å². The number of pyridine rings is 1. The third kappa shape index (κ3) is 3.38. The molecule has 1 N–H and O–H groups in total. The average Bonchev–Trinajstić information content (AvgIpc) is 2.41. The van der Waals surface area contributed by atoms with E-state index in [9.17, 15) is 14.9 Å². The molecule has 1 aromatic carbocycles. The van der Waals surface area contributed by atoms with Crippen LogP contribution in [0.15, 0.2) is 42.6 Å². The number of nitro groups is 1. The van der Waals surface area contributed by atoms with E-state index in [1.807, 2.05) is 0 Å². The van der Waals surface area contributed by atoms with Crippen molar-refractivity contribution in [1.82, 2.24) is 4.98 Å². The van der Waals surface area contributed by atoms with Gasteiger partial charge in [-0.3, -0.25) is 19.9 Å². The van der Waals surface area contributed by atoms with Crippen LogP contribution in [-0.2, 0) is 11.2 Å². The Kier molecular flexibility index (Phi) is 4.05. The van der Waals surface area contributed by atoms with Gasteiger partial charge in [0, 0.05) is 18.0 Å². The lowest BCUT2D eigenvalue weighted by atomic mass is 10.2. The maximum atomic E-state index is 11.9. The van der Waals surface area contributed by atoms with E-state index < -0.39 is 4.92 Å². The fourth-order valence-electron chi connectivity index (χ4n) is 1.76. The number of nitrogens with one attached hydrogen (secondary N) is 1. The molecule has 1 aromatic heterocycles. The average molecular weight is 271 g/mol. The predicted molar refractivity (Wildman–Crippen MR) is 74.4 cm³/mol. The maximum Gasteiger partial charge on any atom is 0.293 e. The van der Waals surface area contributed by atoms with E-state index >= 15 is 0 Å². The first-order chi connectivity index (χ1) is 9.56. The second-order valence-corrected chi connectivity index (χ2v) is 4.32. The number of aryl methyl sites for hydroxylation is 1. The van der Waals surface area contributed by atoms with Gasteiger partial charge in [0.1, 0.15) is 5.69 Å². The summed E-state index contributed by atoms with van der Waals surface area (Å²) in [5, 5.41) is 13.5. The van der Waals surface area contributed by atoms with Gasteiger partial charge < -0.3 is 5.32 Å². The van der Waals surface area contributed by atoms with Crippen molar-refractivity contribution in [3.05, 3.63) is 64.0 Å². The smallest absolute Gasteiger partial charge is 0.293 e. The van der Waals surface area contributed by atoms with Gasteiger partial charge in [-0.1, -0.05) is 12.1 Å². The third-order valence-corrected chi connectivity index (χ3v) is 2.69. The lowest BCUT2D eigenvalue weighted by molar-refractivity contribution is -0.384. The van der Waals surface area contributed by atoms with Gasteiger partial charge in [-0.05, 0) is 30.7 Å². The number of carbonyl (C=O) groups excluding carboxylic acids is 1. The van der Waals surface area contributed by atoms with Gasteiger partial charge in [0.05, 0.1) is 11.3 Å². The molecule has 0 aliphatic rings. The van der Waals surface area contributed by atoms with Crippen molar-refractivity contribution in [1.29, 1.82) is 0 Å². The zero-order valence-electron chi connectivity index (χ0n) is 10.9. The largest absolute Gasteiger partial charge is 0.320 e. The number of rotatable bonds is 4. The van der Waals surface area contributed by atoms with Crippen molar-refractivity contribution in [3.63, 3.8) is 0 Å². The molecular weight excluding hydrogens is 258 g/mol. The third-order valence-electron chi connectivity index (χ3n) is 2.69. The normalized spacial score (nSPS) is 10.1. The summed E-state index contributed by atoms with van der Waals surface area (Å²) >= 11 is 0. The molecule has 20 heavy (non-hydrogen) atoms. The Balaban J connectivity index is 2.14. The van der Waals surface area contributed by atoms with Crippen molar-refractivity contribution >= 4 is 17.3 Å². The zero-order valence-corrected chi connectivity index (χ0v) is 10.9.